The van der Waals surface area contributed by atoms with Crippen molar-refractivity contribution in [2.75, 3.05) is 12.2 Å². The summed E-state index contributed by atoms with van der Waals surface area (Å²) in [4.78, 5) is 33.0. The van der Waals surface area contributed by atoms with Crippen molar-refractivity contribution in [1.29, 1.82) is 0 Å². The minimum atomic E-state index is -1.62. The highest BCUT2D eigenvalue weighted by Gasteiger charge is 2.37. The van der Waals surface area contributed by atoms with Gasteiger partial charge in [-0.05, 0) is 41.0 Å². The molecule has 1 saturated heterocycles. The molecule has 0 aromatic carbocycles. The van der Waals surface area contributed by atoms with E-state index in [0.717, 1.165) is 17.8 Å². The number of amides is 1. The Labute approximate surface area is 167 Å². The molecule has 0 saturated carbocycles. The van der Waals surface area contributed by atoms with Gasteiger partial charge in [0, 0.05) is 11.5 Å². The van der Waals surface area contributed by atoms with Crippen molar-refractivity contribution in [1.82, 2.24) is 10.3 Å². The first kappa shape index (κ1) is 22.1. The second kappa shape index (κ2) is 8.45. The first-order valence-corrected chi connectivity index (χ1v) is 9.60. The average Bonchev–Trinajstić information content (AvgIpc) is 2.97. The third kappa shape index (κ3) is 5.91. The van der Waals surface area contributed by atoms with Gasteiger partial charge in [-0.3, -0.25) is 4.79 Å². The Kier molecular flexibility index (Phi) is 6.68. The number of hydrogen-bond acceptors (Lipinski definition) is 9. The zero-order chi connectivity index (χ0) is 21.1. The summed E-state index contributed by atoms with van der Waals surface area (Å²) in [6, 6.07) is 0. The van der Waals surface area contributed by atoms with Crippen LogP contribution >= 0.6 is 11.3 Å². The number of carbonyl (C=O) groups is 2. The van der Waals surface area contributed by atoms with Gasteiger partial charge in [-0.2, -0.15) is 0 Å². The van der Waals surface area contributed by atoms with E-state index in [1.807, 2.05) is 20.8 Å². The zero-order valence-electron chi connectivity index (χ0n) is 16.5. The highest BCUT2D eigenvalue weighted by Crippen LogP contribution is 2.25. The van der Waals surface area contributed by atoms with Gasteiger partial charge in [-0.25, -0.2) is 9.78 Å². The lowest BCUT2D eigenvalue weighted by molar-refractivity contribution is -0.161. The third-order valence-corrected chi connectivity index (χ3v) is 4.58. The summed E-state index contributed by atoms with van der Waals surface area (Å²) in [6.07, 6.45) is 0.797. The third-order valence-electron chi connectivity index (χ3n) is 3.90. The molecule has 4 N–H and O–H groups in total. The van der Waals surface area contributed by atoms with Crippen molar-refractivity contribution in [3.63, 3.8) is 0 Å². The molecule has 0 unspecified atom stereocenters. The minimum Gasteiger partial charge on any atom is -0.478 e. The molecule has 154 valence electrons. The largest absolute Gasteiger partial charge is 0.478 e. The molecule has 1 aromatic heterocycles. The van der Waals surface area contributed by atoms with E-state index in [4.69, 9.17) is 25.0 Å². The lowest BCUT2D eigenvalue weighted by atomic mass is 9.83. The number of rotatable bonds is 7. The Morgan fingerprint density at radius 3 is 2.79 bits per heavy atom. The Morgan fingerprint density at radius 1 is 1.57 bits per heavy atom. The molecule has 2 rings (SSSR count). The summed E-state index contributed by atoms with van der Waals surface area (Å²) in [5.74, 6) is -1.84. The number of carboxylic acids is 1. The average molecular weight is 412 g/mol. The van der Waals surface area contributed by atoms with Crippen molar-refractivity contribution in [3.05, 3.63) is 11.1 Å². The molecule has 1 aromatic rings. The quantitative estimate of drug-likeness (QED) is 0.342. The second-order valence-corrected chi connectivity index (χ2v) is 8.48. The maximum Gasteiger partial charge on any atom is 0.478 e. The second-order valence-electron chi connectivity index (χ2n) is 7.59. The standard InChI is InChI=1S/C16H25BN4O6S/c1-9-6-15(2,3)26-17(25-9)8-19-12(22)11(10-7-28-14(18)20-10)21-27-16(4,5)13(23)24/h7,9H,6,8H2,1-5H3,(H2,18,20)(H,19,22)(H,23,24)/b21-11-/t9-/m0/s1. The van der Waals surface area contributed by atoms with Crippen LogP contribution in [-0.2, 0) is 23.7 Å². The highest BCUT2D eigenvalue weighted by molar-refractivity contribution is 7.13. The van der Waals surface area contributed by atoms with Crippen molar-refractivity contribution >= 4 is 41.2 Å². The van der Waals surface area contributed by atoms with Gasteiger partial charge in [0.05, 0.1) is 12.0 Å². The predicted molar refractivity (Wildman–Crippen MR) is 105 cm³/mol. The topological polar surface area (TPSA) is 145 Å². The first-order valence-electron chi connectivity index (χ1n) is 8.72. The summed E-state index contributed by atoms with van der Waals surface area (Å²) in [5, 5.41) is 17.3. The number of nitrogens with two attached hydrogens (primary N) is 1. The van der Waals surface area contributed by atoms with Crippen LogP contribution in [0.15, 0.2) is 10.5 Å². The fourth-order valence-electron chi connectivity index (χ4n) is 2.58. The molecule has 0 aliphatic carbocycles. The van der Waals surface area contributed by atoms with Gasteiger partial charge in [0.2, 0.25) is 5.60 Å². The van der Waals surface area contributed by atoms with E-state index in [2.05, 4.69) is 15.5 Å². The molecule has 1 fully saturated rings. The van der Waals surface area contributed by atoms with E-state index in [-0.39, 0.29) is 34.7 Å². The van der Waals surface area contributed by atoms with Crippen molar-refractivity contribution in [3.8, 4) is 0 Å². The molecule has 12 heteroatoms. The molecule has 0 spiro atoms. The maximum atomic E-state index is 12.7. The minimum absolute atomic E-state index is 0.0168. The molecule has 1 aliphatic heterocycles. The fraction of sp³-hybridized carbons (Fsp3) is 0.625. The van der Waals surface area contributed by atoms with E-state index in [0.29, 0.717) is 0 Å². The van der Waals surface area contributed by atoms with Crippen LogP contribution in [0, 0.1) is 0 Å². The lowest BCUT2D eigenvalue weighted by Crippen LogP contribution is -2.52. The number of hydrogen-bond donors (Lipinski definition) is 3. The van der Waals surface area contributed by atoms with E-state index in [1.54, 1.807) is 0 Å². The summed E-state index contributed by atoms with van der Waals surface area (Å²) >= 11 is 1.12. The van der Waals surface area contributed by atoms with Crippen LogP contribution in [0.2, 0.25) is 0 Å². The predicted octanol–water partition coefficient (Wildman–Crippen LogP) is 1.06. The van der Waals surface area contributed by atoms with Crippen LogP contribution in [0.5, 0.6) is 0 Å². The number of carbonyl (C=O) groups excluding carboxylic acids is 1. The molecule has 0 radical (unpaired) electrons. The Hall–Kier alpha value is -2.18. The molecule has 2 heterocycles. The van der Waals surface area contributed by atoms with Crippen LogP contribution in [-0.4, -0.2) is 58.5 Å². The van der Waals surface area contributed by atoms with Gasteiger partial charge in [0.1, 0.15) is 5.69 Å². The number of nitrogen functional groups attached to an aromatic ring is 1. The number of aliphatic carboxylic acids is 1. The maximum absolute atomic E-state index is 12.7. The van der Waals surface area contributed by atoms with Gasteiger partial charge in [0.15, 0.2) is 10.8 Å². The number of thiazole rings is 1. The van der Waals surface area contributed by atoms with Gasteiger partial charge in [-0.1, -0.05) is 5.16 Å². The van der Waals surface area contributed by atoms with Gasteiger partial charge in [-0.15, -0.1) is 11.3 Å². The number of nitrogens with one attached hydrogen (secondary N) is 1. The van der Waals surface area contributed by atoms with E-state index >= 15 is 0 Å². The first-order chi connectivity index (χ1) is 12.9. The number of oxime groups is 1. The molecular weight excluding hydrogens is 387 g/mol. The number of nitrogens with zero attached hydrogens (tertiary/aromatic N) is 2. The Bertz CT molecular complexity index is 766. The van der Waals surface area contributed by atoms with Gasteiger partial charge in [0.25, 0.3) is 5.91 Å². The van der Waals surface area contributed by atoms with Crippen LogP contribution in [0.4, 0.5) is 5.13 Å². The van der Waals surface area contributed by atoms with Crippen molar-refractivity contribution in [2.45, 2.75) is 58.3 Å². The monoisotopic (exact) mass is 412 g/mol. The molecule has 0 bridgehead atoms. The number of anilines is 1. The normalized spacial score (nSPS) is 20.0. The zero-order valence-corrected chi connectivity index (χ0v) is 17.3. The number of aromatic nitrogens is 1. The molecule has 28 heavy (non-hydrogen) atoms. The SMILES string of the molecule is C[C@H]1CC(C)(C)OB(CNC(=O)/C(=N\OC(C)(C)C(=O)O)c2csc(N)n2)O1. The summed E-state index contributed by atoms with van der Waals surface area (Å²) in [6.45, 7) is 8.47. The van der Waals surface area contributed by atoms with Crippen molar-refractivity contribution < 1.29 is 28.8 Å². The van der Waals surface area contributed by atoms with Gasteiger partial charge < -0.3 is 30.3 Å². The smallest absolute Gasteiger partial charge is 0.478 e. The van der Waals surface area contributed by atoms with E-state index in [1.165, 1.54) is 19.2 Å². The molecule has 1 amide bonds. The summed E-state index contributed by atoms with van der Waals surface area (Å²) in [7, 11) is -0.624. The lowest BCUT2D eigenvalue weighted by Gasteiger charge is -2.38. The molecular formula is C16H25BN4O6S. The van der Waals surface area contributed by atoms with Crippen LogP contribution in [0.25, 0.3) is 0 Å². The van der Waals surface area contributed by atoms with Crippen LogP contribution in [0.3, 0.4) is 0 Å². The Morgan fingerprint density at radius 2 is 2.25 bits per heavy atom. The van der Waals surface area contributed by atoms with E-state index in [9.17, 15) is 9.59 Å². The molecule has 1 aliphatic rings. The number of carboxylic acid groups (broad SMARTS) is 1. The van der Waals surface area contributed by atoms with Gasteiger partial charge >= 0.3 is 13.1 Å². The van der Waals surface area contributed by atoms with Crippen LogP contribution in [0.1, 0.15) is 46.7 Å². The van der Waals surface area contributed by atoms with E-state index < -0.39 is 24.6 Å². The van der Waals surface area contributed by atoms with Crippen molar-refractivity contribution in [2.24, 2.45) is 5.16 Å². The fourth-order valence-corrected chi connectivity index (χ4v) is 3.13. The van der Waals surface area contributed by atoms with Crippen LogP contribution < -0.4 is 11.1 Å². The highest BCUT2D eigenvalue weighted by atomic mass is 32.1. The summed E-state index contributed by atoms with van der Waals surface area (Å²) in [5.41, 5.74) is 3.62. The Balaban J connectivity index is 2.12. The molecule has 1 atom stereocenters. The molecule has 10 nitrogen and oxygen atoms in total. The summed E-state index contributed by atoms with van der Waals surface area (Å²) < 4.78 is 11.5.